The zero-order valence-electron chi connectivity index (χ0n) is 9.76. The highest BCUT2D eigenvalue weighted by Gasteiger charge is 2.06. The summed E-state index contributed by atoms with van der Waals surface area (Å²) >= 11 is 8.75. The lowest BCUT2D eigenvalue weighted by atomic mass is 10.1. The first-order chi connectivity index (χ1) is 9.16. The number of nitrogens with zero attached hydrogens (tertiary/aromatic N) is 1. The van der Waals surface area contributed by atoms with E-state index < -0.39 is 0 Å². The zero-order chi connectivity index (χ0) is 13.4. The molecular formula is C14H9BrN2OS. The molecule has 1 N–H and O–H groups in total. The average Bonchev–Trinajstić information content (AvgIpc) is 2.41. The highest BCUT2D eigenvalue weighted by molar-refractivity contribution is 9.10. The lowest BCUT2D eigenvalue weighted by molar-refractivity contribution is 0.944. The van der Waals surface area contributed by atoms with Crippen LogP contribution >= 0.6 is 28.1 Å². The molecule has 0 bridgehead atoms. The molecule has 3 aromatic rings. The molecule has 3 nitrogen and oxygen atoms in total. The van der Waals surface area contributed by atoms with Crippen LogP contribution in [0.2, 0.25) is 0 Å². The molecule has 0 aliphatic carbocycles. The van der Waals surface area contributed by atoms with Crippen LogP contribution in [0.3, 0.4) is 0 Å². The van der Waals surface area contributed by atoms with Crippen LogP contribution in [0.15, 0.2) is 57.9 Å². The standard InChI is InChI=1S/C14H9BrN2OS/c15-11-5-6-12(10-4-2-1-3-9(10)11)17-8-7-13(18)16-14(17)19/h1-8H,(H,16,18,19). The maximum absolute atomic E-state index is 11.2. The van der Waals surface area contributed by atoms with Crippen LogP contribution in [0.4, 0.5) is 0 Å². The molecule has 19 heavy (non-hydrogen) atoms. The van der Waals surface area contributed by atoms with E-state index in [0.29, 0.717) is 4.77 Å². The lowest BCUT2D eigenvalue weighted by Crippen LogP contribution is -2.10. The van der Waals surface area contributed by atoms with E-state index in [1.54, 1.807) is 10.8 Å². The minimum Gasteiger partial charge on any atom is -0.299 e. The second kappa shape index (κ2) is 4.75. The zero-order valence-corrected chi connectivity index (χ0v) is 12.2. The number of rotatable bonds is 1. The highest BCUT2D eigenvalue weighted by atomic mass is 79.9. The van der Waals surface area contributed by atoms with Crippen molar-refractivity contribution in [3.8, 4) is 5.69 Å². The third-order valence-corrected chi connectivity index (χ3v) is 3.92. The van der Waals surface area contributed by atoms with Crippen LogP contribution in [0.5, 0.6) is 0 Å². The Kier molecular flexibility index (Phi) is 3.08. The highest BCUT2D eigenvalue weighted by Crippen LogP contribution is 2.28. The second-order valence-electron chi connectivity index (χ2n) is 4.09. The molecule has 0 fully saturated rings. The minimum atomic E-state index is -0.192. The topological polar surface area (TPSA) is 37.8 Å². The van der Waals surface area contributed by atoms with Gasteiger partial charge in [-0.05, 0) is 29.7 Å². The normalized spacial score (nSPS) is 10.8. The first-order valence-electron chi connectivity index (χ1n) is 5.66. The Bertz CT molecular complexity index is 882. The number of nitrogens with one attached hydrogen (secondary N) is 1. The molecule has 0 amide bonds. The van der Waals surface area contributed by atoms with Gasteiger partial charge in [0.25, 0.3) is 5.56 Å². The van der Waals surface area contributed by atoms with E-state index in [1.165, 1.54) is 6.07 Å². The summed E-state index contributed by atoms with van der Waals surface area (Å²) in [6.45, 7) is 0. The van der Waals surface area contributed by atoms with E-state index in [9.17, 15) is 4.79 Å². The fourth-order valence-electron chi connectivity index (χ4n) is 2.06. The summed E-state index contributed by atoms with van der Waals surface area (Å²) in [6, 6.07) is 13.5. The monoisotopic (exact) mass is 332 g/mol. The number of aromatic amines is 1. The van der Waals surface area contributed by atoms with E-state index in [0.717, 1.165) is 20.9 Å². The summed E-state index contributed by atoms with van der Waals surface area (Å²) < 4.78 is 3.22. The average molecular weight is 333 g/mol. The van der Waals surface area contributed by atoms with Gasteiger partial charge >= 0.3 is 0 Å². The van der Waals surface area contributed by atoms with E-state index in [2.05, 4.69) is 20.9 Å². The van der Waals surface area contributed by atoms with Crippen molar-refractivity contribution in [3.05, 3.63) is 68.3 Å². The molecule has 0 aliphatic rings. The number of benzene rings is 2. The molecule has 0 saturated heterocycles. The summed E-state index contributed by atoms with van der Waals surface area (Å²) in [4.78, 5) is 13.9. The van der Waals surface area contributed by atoms with Crippen LogP contribution in [0.1, 0.15) is 0 Å². The van der Waals surface area contributed by atoms with Gasteiger partial charge in [0.05, 0.1) is 5.69 Å². The first-order valence-corrected chi connectivity index (χ1v) is 6.86. The summed E-state index contributed by atoms with van der Waals surface area (Å²) in [5.74, 6) is 0. The van der Waals surface area contributed by atoms with Gasteiger partial charge < -0.3 is 0 Å². The molecular weight excluding hydrogens is 324 g/mol. The lowest BCUT2D eigenvalue weighted by Gasteiger charge is -2.11. The van der Waals surface area contributed by atoms with Crippen molar-refractivity contribution < 1.29 is 0 Å². The van der Waals surface area contributed by atoms with Gasteiger partial charge in [0.15, 0.2) is 4.77 Å². The Hall–Kier alpha value is -1.72. The van der Waals surface area contributed by atoms with Gasteiger partial charge in [-0.1, -0.05) is 40.2 Å². The summed E-state index contributed by atoms with van der Waals surface area (Å²) in [5.41, 5.74) is 0.753. The van der Waals surface area contributed by atoms with Crippen molar-refractivity contribution in [3.63, 3.8) is 0 Å². The van der Waals surface area contributed by atoms with Gasteiger partial charge in [-0.25, -0.2) is 0 Å². The maximum atomic E-state index is 11.2. The van der Waals surface area contributed by atoms with Gasteiger partial charge in [-0.3, -0.25) is 14.3 Å². The molecule has 0 spiro atoms. The molecule has 3 rings (SSSR count). The summed E-state index contributed by atoms with van der Waals surface area (Å²) in [5, 5.41) is 2.17. The van der Waals surface area contributed by atoms with E-state index >= 15 is 0 Å². The summed E-state index contributed by atoms with van der Waals surface area (Å²) in [7, 11) is 0. The van der Waals surface area contributed by atoms with Crippen LogP contribution in [-0.2, 0) is 0 Å². The van der Waals surface area contributed by atoms with E-state index in [-0.39, 0.29) is 5.56 Å². The van der Waals surface area contributed by atoms with Crippen molar-refractivity contribution in [1.29, 1.82) is 0 Å². The molecule has 0 atom stereocenters. The van der Waals surface area contributed by atoms with Gasteiger partial charge in [-0.2, -0.15) is 0 Å². The van der Waals surface area contributed by atoms with Crippen molar-refractivity contribution in [2.75, 3.05) is 0 Å². The molecule has 0 aliphatic heterocycles. The largest absolute Gasteiger partial charge is 0.299 e. The van der Waals surface area contributed by atoms with Crippen molar-refractivity contribution in [2.45, 2.75) is 0 Å². The van der Waals surface area contributed by atoms with Gasteiger partial charge in [0, 0.05) is 22.1 Å². The number of fused-ring (bicyclic) bond motifs is 1. The van der Waals surface area contributed by atoms with Gasteiger partial charge in [-0.15, -0.1) is 0 Å². The van der Waals surface area contributed by atoms with Crippen molar-refractivity contribution >= 4 is 38.9 Å². The molecule has 0 saturated carbocycles. The summed E-state index contributed by atoms with van der Waals surface area (Å²) in [6.07, 6.45) is 1.69. The molecule has 5 heteroatoms. The number of H-pyrrole nitrogens is 1. The molecule has 0 unspecified atom stereocenters. The van der Waals surface area contributed by atoms with Crippen molar-refractivity contribution in [2.24, 2.45) is 0 Å². The molecule has 94 valence electrons. The van der Waals surface area contributed by atoms with Crippen molar-refractivity contribution in [1.82, 2.24) is 9.55 Å². The van der Waals surface area contributed by atoms with Gasteiger partial charge in [0.1, 0.15) is 0 Å². The number of hydrogen-bond acceptors (Lipinski definition) is 2. The van der Waals surface area contributed by atoms with E-state index in [4.69, 9.17) is 12.2 Å². The van der Waals surface area contributed by atoms with Crippen LogP contribution < -0.4 is 5.56 Å². The third kappa shape index (κ3) is 2.15. The fraction of sp³-hybridized carbons (Fsp3) is 0. The quantitative estimate of drug-likeness (QED) is 0.688. The molecule has 2 aromatic carbocycles. The van der Waals surface area contributed by atoms with E-state index in [1.807, 2.05) is 36.4 Å². The van der Waals surface area contributed by atoms with Crippen LogP contribution in [0, 0.1) is 4.77 Å². The fourth-order valence-corrected chi connectivity index (χ4v) is 2.80. The molecule has 0 radical (unpaired) electrons. The minimum absolute atomic E-state index is 0.192. The molecule has 1 heterocycles. The van der Waals surface area contributed by atoms with Gasteiger partial charge in [0.2, 0.25) is 0 Å². The second-order valence-corrected chi connectivity index (χ2v) is 5.33. The predicted molar refractivity (Wildman–Crippen MR) is 82.4 cm³/mol. The van der Waals surface area contributed by atoms with Crippen LogP contribution in [-0.4, -0.2) is 9.55 Å². The Morgan fingerprint density at radius 3 is 2.53 bits per heavy atom. The Balaban J connectivity index is 2.41. The molecule has 1 aromatic heterocycles. The van der Waals surface area contributed by atoms with Crippen LogP contribution in [0.25, 0.3) is 16.5 Å². The number of aromatic nitrogens is 2. The first kappa shape index (κ1) is 12.3. The Labute approximate surface area is 122 Å². The number of hydrogen-bond donors (Lipinski definition) is 1. The Morgan fingerprint density at radius 2 is 1.79 bits per heavy atom. The number of halogens is 1. The SMILES string of the molecule is O=c1ccn(-c2ccc(Br)c3ccccc23)c(=S)[nH]1. The smallest absolute Gasteiger partial charge is 0.251 e. The predicted octanol–water partition coefficient (Wildman–Crippen LogP) is 3.81. The Morgan fingerprint density at radius 1 is 1.05 bits per heavy atom. The maximum Gasteiger partial charge on any atom is 0.251 e. The third-order valence-electron chi connectivity index (χ3n) is 2.93.